The lowest BCUT2D eigenvalue weighted by atomic mass is 9.48. The Labute approximate surface area is 272 Å². The maximum absolute atomic E-state index is 15.1. The van der Waals surface area contributed by atoms with E-state index in [-0.39, 0.29) is 30.1 Å². The minimum absolute atomic E-state index is 0.0278. The molecule has 0 spiro atoms. The van der Waals surface area contributed by atoms with E-state index in [0.717, 1.165) is 5.01 Å². The first-order valence-corrected chi connectivity index (χ1v) is 15.6. The quantitative estimate of drug-likeness (QED) is 0.205. The number of imide groups is 2. The van der Waals surface area contributed by atoms with Crippen molar-refractivity contribution in [2.75, 3.05) is 5.43 Å². The number of allylic oxidation sites excluding steroid dienone is 3. The Morgan fingerprint density at radius 1 is 0.936 bits per heavy atom. The number of amides is 4. The van der Waals surface area contributed by atoms with Crippen LogP contribution in [0.4, 0.5) is 10.1 Å². The third kappa shape index (κ3) is 4.19. The molecule has 3 aliphatic heterocycles. The molecule has 3 N–H and O–H groups in total. The Hall–Kier alpha value is -5.00. The summed E-state index contributed by atoms with van der Waals surface area (Å²) in [5, 5.41) is 22.2. The van der Waals surface area contributed by atoms with Crippen molar-refractivity contribution in [1.29, 1.82) is 0 Å². The number of nitrogens with zero attached hydrogens (tertiary/aromatic N) is 2. The van der Waals surface area contributed by atoms with Gasteiger partial charge in [0.05, 0.1) is 35.1 Å². The average molecular weight is 656 g/mol. The molecule has 47 heavy (non-hydrogen) atoms. The number of hydroxylamine groups is 2. The maximum atomic E-state index is 15.1. The molecule has 1 saturated carbocycles. The minimum Gasteiger partial charge on any atom is -0.508 e. The van der Waals surface area contributed by atoms with E-state index in [0.29, 0.717) is 38.7 Å². The third-order valence-corrected chi connectivity index (χ3v) is 10.6. The summed E-state index contributed by atoms with van der Waals surface area (Å²) >= 11 is 6.31. The van der Waals surface area contributed by atoms with Crippen LogP contribution in [0, 0.1) is 35.4 Å². The number of benzene rings is 3. The van der Waals surface area contributed by atoms with Crippen LogP contribution in [0.1, 0.15) is 24.0 Å². The zero-order valence-corrected chi connectivity index (χ0v) is 25.4. The van der Waals surface area contributed by atoms with E-state index >= 15 is 4.79 Å². The van der Waals surface area contributed by atoms with Crippen LogP contribution in [0.3, 0.4) is 0 Å². The van der Waals surface area contributed by atoms with Crippen molar-refractivity contribution < 1.29 is 38.6 Å². The van der Waals surface area contributed by atoms with E-state index in [1.807, 2.05) is 6.08 Å². The Morgan fingerprint density at radius 2 is 1.68 bits per heavy atom. The molecule has 3 fully saturated rings. The number of hydrazine groups is 1. The van der Waals surface area contributed by atoms with Gasteiger partial charge in [0, 0.05) is 22.9 Å². The van der Waals surface area contributed by atoms with Crippen molar-refractivity contribution in [1.82, 2.24) is 10.1 Å². The summed E-state index contributed by atoms with van der Waals surface area (Å²) in [6, 6.07) is 16.7. The molecular formula is C35H27ClFN3O7. The van der Waals surface area contributed by atoms with Crippen molar-refractivity contribution in [3.63, 3.8) is 0 Å². The molecule has 238 valence electrons. The number of fused-ring (bicyclic) bond motifs is 5. The fourth-order valence-corrected chi connectivity index (χ4v) is 8.58. The van der Waals surface area contributed by atoms with E-state index in [2.05, 4.69) is 5.43 Å². The fraction of sp³-hybridized carbons (Fsp3) is 0.257. The van der Waals surface area contributed by atoms with Gasteiger partial charge in [-0.1, -0.05) is 35.4 Å². The average Bonchev–Trinajstić information content (AvgIpc) is 3.42. The lowest BCUT2D eigenvalue weighted by Crippen LogP contribution is -2.55. The van der Waals surface area contributed by atoms with Crippen LogP contribution in [-0.4, -0.2) is 44.0 Å². The second-order valence-corrected chi connectivity index (χ2v) is 13.1. The number of phenolic OH excluding ortho intramolecular Hbond substituents is 1. The number of hydrogen-bond acceptors (Lipinski definition) is 8. The van der Waals surface area contributed by atoms with Gasteiger partial charge in [-0.25, -0.2) is 4.39 Å². The molecule has 0 radical (unpaired) electrons. The summed E-state index contributed by atoms with van der Waals surface area (Å²) in [5.74, 6) is -6.76. The molecule has 4 amide bonds. The summed E-state index contributed by atoms with van der Waals surface area (Å²) in [6.07, 6.45) is 3.86. The molecule has 2 saturated heterocycles. The number of ether oxygens (including phenoxy) is 1. The monoisotopic (exact) mass is 655 g/mol. The highest BCUT2D eigenvalue weighted by Gasteiger charge is 2.70. The number of nitrogens with one attached hydrogen (secondary N) is 1. The van der Waals surface area contributed by atoms with Gasteiger partial charge in [0.2, 0.25) is 0 Å². The standard InChI is InChI=1S/C35H27ClFN3O7/c36-20-3-1-19(2-4-20)35-27(32(43)39(34(35)45)38-22-7-5-21(37)6-8-22)15-26-24(10-11-25-29(26)33(44)40(46)31(25)42)30(35)18-13-17-14-23(41)9-12-28(17)47-16-18/h1-10,12,14,16,25-27,29-30,38,41,46H,11,13,15H2. The normalized spacial score (nSPS) is 29.4. The molecule has 6 atom stereocenters. The molecule has 5 aliphatic rings. The summed E-state index contributed by atoms with van der Waals surface area (Å²) in [4.78, 5) is 55.9. The lowest BCUT2D eigenvalue weighted by molar-refractivity contribution is -0.173. The second kappa shape index (κ2) is 10.5. The molecule has 12 heteroatoms. The number of hydrogen-bond donors (Lipinski definition) is 3. The van der Waals surface area contributed by atoms with Crippen molar-refractivity contribution in [3.05, 3.63) is 112 Å². The first-order chi connectivity index (χ1) is 22.6. The molecule has 8 rings (SSSR count). The van der Waals surface area contributed by atoms with Gasteiger partial charge in [0.25, 0.3) is 23.6 Å². The number of anilines is 1. The molecule has 6 unspecified atom stereocenters. The topological polar surface area (TPSA) is 136 Å². The van der Waals surface area contributed by atoms with Crippen LogP contribution in [0.25, 0.3) is 0 Å². The molecule has 0 bridgehead atoms. The largest absolute Gasteiger partial charge is 0.508 e. The van der Waals surface area contributed by atoms with E-state index in [9.17, 15) is 29.1 Å². The van der Waals surface area contributed by atoms with Crippen molar-refractivity contribution in [2.24, 2.45) is 29.6 Å². The Bertz CT molecular complexity index is 1950. The zero-order chi connectivity index (χ0) is 32.8. The zero-order valence-electron chi connectivity index (χ0n) is 24.6. The van der Waals surface area contributed by atoms with Crippen LogP contribution in [0.15, 0.2) is 90.2 Å². The highest BCUT2D eigenvalue weighted by atomic mass is 35.5. The van der Waals surface area contributed by atoms with Crippen LogP contribution >= 0.6 is 11.6 Å². The Kier molecular flexibility index (Phi) is 6.58. The van der Waals surface area contributed by atoms with Crippen molar-refractivity contribution in [3.8, 4) is 11.5 Å². The van der Waals surface area contributed by atoms with E-state index < -0.39 is 64.5 Å². The van der Waals surface area contributed by atoms with Gasteiger partial charge >= 0.3 is 0 Å². The van der Waals surface area contributed by atoms with Crippen LogP contribution < -0.4 is 10.2 Å². The number of halogens is 2. The number of rotatable bonds is 4. The van der Waals surface area contributed by atoms with E-state index in [1.165, 1.54) is 30.3 Å². The predicted octanol–water partition coefficient (Wildman–Crippen LogP) is 4.91. The second-order valence-electron chi connectivity index (χ2n) is 12.6. The van der Waals surface area contributed by atoms with Gasteiger partial charge in [-0.3, -0.25) is 29.8 Å². The summed E-state index contributed by atoms with van der Waals surface area (Å²) in [7, 11) is 0. The maximum Gasteiger partial charge on any atom is 0.260 e. The highest BCUT2D eigenvalue weighted by molar-refractivity contribution is 6.30. The van der Waals surface area contributed by atoms with Gasteiger partial charge < -0.3 is 9.84 Å². The first kappa shape index (κ1) is 29.4. The van der Waals surface area contributed by atoms with Gasteiger partial charge in [-0.05, 0) is 84.5 Å². The van der Waals surface area contributed by atoms with Gasteiger partial charge in [0.15, 0.2) is 0 Å². The molecular weight excluding hydrogens is 629 g/mol. The van der Waals surface area contributed by atoms with E-state index in [4.69, 9.17) is 16.3 Å². The van der Waals surface area contributed by atoms with Gasteiger partial charge in [-0.15, -0.1) is 0 Å². The molecule has 3 aromatic carbocycles. The molecule has 3 heterocycles. The lowest BCUT2D eigenvalue weighted by Gasteiger charge is -2.51. The minimum atomic E-state index is -1.56. The van der Waals surface area contributed by atoms with Gasteiger partial charge in [-0.2, -0.15) is 10.1 Å². The highest BCUT2D eigenvalue weighted by Crippen LogP contribution is 2.63. The Balaban J connectivity index is 1.34. The summed E-state index contributed by atoms with van der Waals surface area (Å²) in [5.41, 5.74) is 4.14. The van der Waals surface area contributed by atoms with E-state index in [1.54, 1.807) is 42.7 Å². The fourth-order valence-electron chi connectivity index (χ4n) is 8.45. The number of carbonyl (C=O) groups excluding carboxylic acids is 4. The predicted molar refractivity (Wildman–Crippen MR) is 164 cm³/mol. The summed E-state index contributed by atoms with van der Waals surface area (Å²) < 4.78 is 19.8. The van der Waals surface area contributed by atoms with Gasteiger partial charge in [0.1, 0.15) is 17.3 Å². The molecule has 2 aliphatic carbocycles. The first-order valence-electron chi connectivity index (χ1n) is 15.2. The molecule has 3 aromatic rings. The Morgan fingerprint density at radius 3 is 2.43 bits per heavy atom. The number of phenols is 1. The number of carbonyl (C=O) groups is 4. The third-order valence-electron chi connectivity index (χ3n) is 10.4. The van der Waals surface area contributed by atoms with Crippen molar-refractivity contribution >= 4 is 40.9 Å². The van der Waals surface area contributed by atoms with Crippen LogP contribution in [0.2, 0.25) is 5.02 Å². The molecule has 0 aromatic heterocycles. The molecule has 10 nitrogen and oxygen atoms in total. The van der Waals surface area contributed by atoms with Crippen LogP contribution in [0.5, 0.6) is 11.5 Å². The summed E-state index contributed by atoms with van der Waals surface area (Å²) in [6.45, 7) is 0. The van der Waals surface area contributed by atoms with Crippen LogP contribution in [-0.2, 0) is 31.0 Å². The smallest absolute Gasteiger partial charge is 0.260 e. The SMILES string of the molecule is O=C1C2CC=C3C(CC4C(=O)N(Nc5ccc(F)cc5)C(=O)C4(c4ccc(Cl)cc4)C3C3=COc4ccc(O)cc4C3)C2C(=O)N1O. The van der Waals surface area contributed by atoms with Crippen molar-refractivity contribution in [2.45, 2.75) is 24.7 Å². The number of aromatic hydroxyl groups is 1.